The van der Waals surface area contributed by atoms with Crippen molar-refractivity contribution >= 4 is 12.3 Å². The number of aliphatic hydroxyl groups is 1. The molecule has 1 heterocycles. The van der Waals surface area contributed by atoms with Gasteiger partial charge < -0.3 is 9.84 Å². The van der Waals surface area contributed by atoms with Crippen molar-refractivity contribution in [2.24, 2.45) is 5.10 Å². The number of benzene rings is 1. The summed E-state index contributed by atoms with van der Waals surface area (Å²) >= 11 is 0. The fourth-order valence-electron chi connectivity index (χ4n) is 1.91. The number of nitrogens with zero attached hydrogens (tertiary/aromatic N) is 2. The number of rotatable bonds is 6. The summed E-state index contributed by atoms with van der Waals surface area (Å²) in [6.07, 6.45) is 3.49. The molecule has 1 fully saturated rings. The van der Waals surface area contributed by atoms with Crippen LogP contribution in [0.4, 0.5) is 4.79 Å². The Kier molecular flexibility index (Phi) is 4.92. The van der Waals surface area contributed by atoms with E-state index in [1.165, 1.54) is 5.01 Å². The molecule has 0 aromatic heterocycles. The zero-order chi connectivity index (χ0) is 13.5. The van der Waals surface area contributed by atoms with Crippen LogP contribution in [-0.4, -0.2) is 41.7 Å². The third-order valence-electron chi connectivity index (χ3n) is 2.93. The van der Waals surface area contributed by atoms with Gasteiger partial charge in [0, 0.05) is 6.61 Å². The van der Waals surface area contributed by atoms with Gasteiger partial charge in [-0.2, -0.15) is 10.1 Å². The maximum Gasteiger partial charge on any atom is 0.430 e. The number of aliphatic hydroxyl groups excluding tert-OH is 1. The summed E-state index contributed by atoms with van der Waals surface area (Å²) in [6.45, 7) is 0.657. The SMILES string of the molecule is O=C1OC(CCCCO)CN1/N=C/c1ccccc1. The van der Waals surface area contributed by atoms with Crippen LogP contribution in [0.2, 0.25) is 0 Å². The van der Waals surface area contributed by atoms with E-state index < -0.39 is 6.09 Å². The first-order valence-corrected chi connectivity index (χ1v) is 6.47. The predicted octanol–water partition coefficient (Wildman–Crippen LogP) is 2.00. The average molecular weight is 262 g/mol. The molecular formula is C14H18N2O3. The van der Waals surface area contributed by atoms with Crippen LogP contribution >= 0.6 is 0 Å². The van der Waals surface area contributed by atoms with E-state index in [0.29, 0.717) is 6.54 Å². The van der Waals surface area contributed by atoms with Crippen molar-refractivity contribution < 1.29 is 14.6 Å². The molecule has 1 amide bonds. The molecule has 19 heavy (non-hydrogen) atoms. The molecule has 0 radical (unpaired) electrons. The standard InChI is InChI=1S/C14H18N2O3/c17-9-5-4-8-13-11-16(14(18)19-13)15-10-12-6-2-1-3-7-12/h1-3,6-7,10,13,17H,4-5,8-9,11H2/b15-10+. The highest BCUT2D eigenvalue weighted by atomic mass is 16.6. The lowest BCUT2D eigenvalue weighted by Crippen LogP contribution is -2.19. The molecule has 1 N–H and O–H groups in total. The van der Waals surface area contributed by atoms with Crippen LogP contribution in [0.25, 0.3) is 0 Å². The van der Waals surface area contributed by atoms with E-state index in [1.54, 1.807) is 6.21 Å². The summed E-state index contributed by atoms with van der Waals surface area (Å²) in [4.78, 5) is 11.6. The van der Waals surface area contributed by atoms with Crippen LogP contribution < -0.4 is 0 Å². The Morgan fingerprint density at radius 3 is 2.89 bits per heavy atom. The number of amides is 1. The summed E-state index contributed by atoms with van der Waals surface area (Å²) in [7, 11) is 0. The van der Waals surface area contributed by atoms with E-state index in [9.17, 15) is 4.79 Å². The lowest BCUT2D eigenvalue weighted by Gasteiger charge is -2.06. The number of carbonyl (C=O) groups is 1. The van der Waals surface area contributed by atoms with E-state index in [4.69, 9.17) is 9.84 Å². The van der Waals surface area contributed by atoms with Gasteiger partial charge in [0.25, 0.3) is 0 Å². The quantitative estimate of drug-likeness (QED) is 0.630. The molecule has 1 saturated heterocycles. The molecule has 0 saturated carbocycles. The lowest BCUT2D eigenvalue weighted by molar-refractivity contribution is 0.127. The van der Waals surface area contributed by atoms with Gasteiger partial charge in [-0.05, 0) is 24.8 Å². The lowest BCUT2D eigenvalue weighted by atomic mass is 10.1. The maximum atomic E-state index is 11.6. The summed E-state index contributed by atoms with van der Waals surface area (Å²) in [6, 6.07) is 9.61. The molecule has 0 spiro atoms. The number of carbonyl (C=O) groups excluding carboxylic acids is 1. The molecular weight excluding hydrogens is 244 g/mol. The van der Waals surface area contributed by atoms with E-state index >= 15 is 0 Å². The first-order chi connectivity index (χ1) is 9.29. The van der Waals surface area contributed by atoms with Crippen LogP contribution in [0, 0.1) is 0 Å². The Hall–Kier alpha value is -1.88. The van der Waals surface area contributed by atoms with Crippen molar-refractivity contribution in [3.63, 3.8) is 0 Å². The second-order valence-electron chi connectivity index (χ2n) is 4.46. The van der Waals surface area contributed by atoms with E-state index in [1.807, 2.05) is 30.3 Å². The van der Waals surface area contributed by atoms with Gasteiger partial charge in [0.2, 0.25) is 0 Å². The number of hydrogen-bond donors (Lipinski definition) is 1. The van der Waals surface area contributed by atoms with Gasteiger partial charge in [0.15, 0.2) is 0 Å². The largest absolute Gasteiger partial charge is 0.443 e. The molecule has 1 aliphatic heterocycles. The molecule has 1 aromatic carbocycles. The highest BCUT2D eigenvalue weighted by molar-refractivity contribution is 5.81. The first-order valence-electron chi connectivity index (χ1n) is 6.47. The molecule has 1 aromatic rings. The second-order valence-corrected chi connectivity index (χ2v) is 4.46. The molecule has 102 valence electrons. The number of hydrogen-bond acceptors (Lipinski definition) is 4. The Balaban J connectivity index is 1.85. The molecule has 5 nitrogen and oxygen atoms in total. The van der Waals surface area contributed by atoms with Crippen molar-refractivity contribution in [1.82, 2.24) is 5.01 Å². The van der Waals surface area contributed by atoms with Crippen molar-refractivity contribution in [3.05, 3.63) is 35.9 Å². The number of cyclic esters (lactones) is 1. The smallest absolute Gasteiger partial charge is 0.430 e. The Labute approximate surface area is 112 Å². The maximum absolute atomic E-state index is 11.6. The molecule has 0 aliphatic carbocycles. The minimum absolute atomic E-state index is 0.119. The van der Waals surface area contributed by atoms with Crippen molar-refractivity contribution in [3.8, 4) is 0 Å². The van der Waals surface area contributed by atoms with Crippen LogP contribution in [0.1, 0.15) is 24.8 Å². The van der Waals surface area contributed by atoms with Gasteiger partial charge in [-0.1, -0.05) is 30.3 Å². The van der Waals surface area contributed by atoms with Crippen LogP contribution in [0.5, 0.6) is 0 Å². The highest BCUT2D eigenvalue weighted by Gasteiger charge is 2.30. The highest BCUT2D eigenvalue weighted by Crippen LogP contribution is 2.16. The third kappa shape index (κ3) is 4.06. The van der Waals surface area contributed by atoms with Gasteiger partial charge in [0.05, 0.1) is 12.8 Å². The normalized spacial score (nSPS) is 19.1. The summed E-state index contributed by atoms with van der Waals surface area (Å²) in [5.74, 6) is 0. The molecule has 5 heteroatoms. The molecule has 1 unspecified atom stereocenters. The molecule has 1 atom stereocenters. The third-order valence-corrected chi connectivity index (χ3v) is 2.93. The van der Waals surface area contributed by atoms with Gasteiger partial charge in [0.1, 0.15) is 6.10 Å². The average Bonchev–Trinajstić information content (AvgIpc) is 2.78. The number of unbranched alkanes of at least 4 members (excludes halogenated alkanes) is 1. The molecule has 2 rings (SSSR count). The minimum atomic E-state index is -0.402. The summed E-state index contributed by atoms with van der Waals surface area (Å²) in [5, 5.41) is 14.2. The van der Waals surface area contributed by atoms with Gasteiger partial charge >= 0.3 is 6.09 Å². The molecule has 0 bridgehead atoms. The van der Waals surface area contributed by atoms with Crippen molar-refractivity contribution in [1.29, 1.82) is 0 Å². The number of hydrazone groups is 1. The molecule has 1 aliphatic rings. The minimum Gasteiger partial charge on any atom is -0.443 e. The summed E-state index contributed by atoms with van der Waals surface area (Å²) < 4.78 is 5.20. The van der Waals surface area contributed by atoms with Crippen molar-refractivity contribution in [2.45, 2.75) is 25.4 Å². The van der Waals surface area contributed by atoms with Gasteiger partial charge in [-0.3, -0.25) is 0 Å². The van der Waals surface area contributed by atoms with Crippen LogP contribution in [-0.2, 0) is 4.74 Å². The second kappa shape index (κ2) is 6.89. The van der Waals surface area contributed by atoms with Gasteiger partial charge in [-0.15, -0.1) is 0 Å². The van der Waals surface area contributed by atoms with E-state index in [-0.39, 0.29) is 12.7 Å². The Bertz CT molecular complexity index is 434. The van der Waals surface area contributed by atoms with Crippen LogP contribution in [0.3, 0.4) is 0 Å². The Morgan fingerprint density at radius 1 is 1.37 bits per heavy atom. The fourth-order valence-corrected chi connectivity index (χ4v) is 1.91. The van der Waals surface area contributed by atoms with Crippen LogP contribution in [0.15, 0.2) is 35.4 Å². The zero-order valence-corrected chi connectivity index (χ0v) is 10.7. The van der Waals surface area contributed by atoms with E-state index in [0.717, 1.165) is 24.8 Å². The monoisotopic (exact) mass is 262 g/mol. The first kappa shape index (κ1) is 13.5. The fraction of sp³-hybridized carbons (Fsp3) is 0.429. The topological polar surface area (TPSA) is 62.1 Å². The van der Waals surface area contributed by atoms with Crippen molar-refractivity contribution in [2.75, 3.05) is 13.2 Å². The predicted molar refractivity (Wildman–Crippen MR) is 71.9 cm³/mol. The van der Waals surface area contributed by atoms with Gasteiger partial charge in [-0.25, -0.2) is 4.79 Å². The summed E-state index contributed by atoms with van der Waals surface area (Å²) in [5.41, 5.74) is 0.944. The zero-order valence-electron chi connectivity index (χ0n) is 10.7. The Morgan fingerprint density at radius 2 is 2.16 bits per heavy atom. The van der Waals surface area contributed by atoms with E-state index in [2.05, 4.69) is 5.10 Å². The number of ether oxygens (including phenoxy) is 1.